The third kappa shape index (κ3) is 3.95. The molecule has 23 heavy (non-hydrogen) atoms. The lowest BCUT2D eigenvalue weighted by Crippen LogP contribution is -2.25. The zero-order valence-electron chi connectivity index (χ0n) is 12.7. The Balaban J connectivity index is 2.39. The van der Waals surface area contributed by atoms with Crippen LogP contribution in [0.3, 0.4) is 0 Å². The molecule has 1 fully saturated rings. The van der Waals surface area contributed by atoms with E-state index < -0.39 is 0 Å². The molecule has 0 unspecified atom stereocenters. The predicted molar refractivity (Wildman–Crippen MR) is 101 cm³/mol. The summed E-state index contributed by atoms with van der Waals surface area (Å²) in [7, 11) is 1.63. The van der Waals surface area contributed by atoms with E-state index in [0.717, 1.165) is 9.13 Å². The van der Waals surface area contributed by atoms with Crippen LogP contribution in [0, 0.1) is 15.9 Å². The van der Waals surface area contributed by atoms with Crippen molar-refractivity contribution in [1.82, 2.24) is 10.2 Å². The molecule has 1 heterocycles. The summed E-state index contributed by atoms with van der Waals surface area (Å²) in [4.78, 5) is 13.4. The maximum absolute atomic E-state index is 12.1. The standard InChI is InChI=1S/C16H15IN2O3S/c1-4-6-22-14-11(17)7-10(9-13(14)21-5-2)8-12-15(20)19(3)16(23)18-12/h1,7-9H,5-6H2,2-3H3,(H,18,23)/b12-8+. The molecule has 1 aliphatic rings. The van der Waals surface area contributed by atoms with Crippen LogP contribution < -0.4 is 14.8 Å². The van der Waals surface area contributed by atoms with E-state index >= 15 is 0 Å². The van der Waals surface area contributed by atoms with Gasteiger partial charge in [-0.25, -0.2) is 0 Å². The van der Waals surface area contributed by atoms with Crippen LogP contribution in [0.4, 0.5) is 0 Å². The molecular weight excluding hydrogens is 427 g/mol. The summed E-state index contributed by atoms with van der Waals surface area (Å²) in [6.07, 6.45) is 6.97. The zero-order chi connectivity index (χ0) is 17.0. The molecule has 5 nitrogen and oxygen atoms in total. The maximum Gasteiger partial charge on any atom is 0.276 e. The number of hydrogen-bond donors (Lipinski definition) is 1. The lowest BCUT2D eigenvalue weighted by molar-refractivity contribution is -0.121. The molecule has 0 saturated carbocycles. The van der Waals surface area contributed by atoms with Crippen molar-refractivity contribution in [3.8, 4) is 23.8 Å². The lowest BCUT2D eigenvalue weighted by atomic mass is 10.1. The zero-order valence-corrected chi connectivity index (χ0v) is 15.7. The van der Waals surface area contributed by atoms with Crippen molar-refractivity contribution in [2.24, 2.45) is 0 Å². The van der Waals surface area contributed by atoms with E-state index in [1.807, 2.05) is 13.0 Å². The number of nitrogens with one attached hydrogen (secondary N) is 1. The van der Waals surface area contributed by atoms with Gasteiger partial charge in [-0.2, -0.15) is 0 Å². The quantitative estimate of drug-likeness (QED) is 0.329. The normalized spacial score (nSPS) is 15.6. The van der Waals surface area contributed by atoms with Gasteiger partial charge in [0.05, 0.1) is 10.2 Å². The molecule has 120 valence electrons. The van der Waals surface area contributed by atoms with Crippen molar-refractivity contribution in [3.05, 3.63) is 27.0 Å². The highest BCUT2D eigenvalue weighted by atomic mass is 127. The topological polar surface area (TPSA) is 50.8 Å². The third-order valence-corrected chi connectivity index (χ3v) is 4.20. The minimum absolute atomic E-state index is 0.162. The van der Waals surface area contributed by atoms with Crippen molar-refractivity contribution in [1.29, 1.82) is 0 Å². The predicted octanol–water partition coefficient (Wildman–Crippen LogP) is 2.39. The summed E-state index contributed by atoms with van der Waals surface area (Å²) < 4.78 is 12.0. The van der Waals surface area contributed by atoms with Crippen LogP contribution in [0.25, 0.3) is 6.08 Å². The highest BCUT2D eigenvalue weighted by Crippen LogP contribution is 2.35. The Kier molecular flexibility index (Phi) is 5.85. The first-order valence-corrected chi connectivity index (χ1v) is 8.30. The van der Waals surface area contributed by atoms with Gasteiger partial charge in [0.2, 0.25) is 0 Å². The molecule has 0 bridgehead atoms. The van der Waals surface area contributed by atoms with Gasteiger partial charge in [0.15, 0.2) is 16.6 Å². The van der Waals surface area contributed by atoms with Gasteiger partial charge in [0.1, 0.15) is 12.3 Å². The van der Waals surface area contributed by atoms with E-state index in [1.54, 1.807) is 19.2 Å². The highest BCUT2D eigenvalue weighted by Gasteiger charge is 2.27. The second kappa shape index (κ2) is 7.66. The number of rotatable bonds is 5. The molecule has 1 amide bonds. The van der Waals surface area contributed by atoms with Gasteiger partial charge in [0, 0.05) is 7.05 Å². The third-order valence-electron chi connectivity index (χ3n) is 3.02. The van der Waals surface area contributed by atoms with Gasteiger partial charge in [-0.05, 0) is 65.5 Å². The smallest absolute Gasteiger partial charge is 0.276 e. The fraction of sp³-hybridized carbons (Fsp3) is 0.250. The molecule has 2 rings (SSSR count). The van der Waals surface area contributed by atoms with Crippen LogP contribution in [-0.4, -0.2) is 36.2 Å². The fourth-order valence-electron chi connectivity index (χ4n) is 1.98. The summed E-state index contributed by atoms with van der Waals surface area (Å²) in [6.45, 7) is 2.54. The highest BCUT2D eigenvalue weighted by molar-refractivity contribution is 14.1. The fourth-order valence-corrected chi connectivity index (χ4v) is 2.95. The molecule has 1 aliphatic heterocycles. The first-order valence-electron chi connectivity index (χ1n) is 6.81. The Morgan fingerprint density at radius 3 is 2.78 bits per heavy atom. The first kappa shape index (κ1) is 17.6. The van der Waals surface area contributed by atoms with E-state index in [9.17, 15) is 4.79 Å². The molecule has 1 aromatic carbocycles. The number of hydrogen-bond acceptors (Lipinski definition) is 4. The lowest BCUT2D eigenvalue weighted by Gasteiger charge is -2.13. The second-order valence-electron chi connectivity index (χ2n) is 4.61. The number of carbonyl (C=O) groups excluding carboxylic acids is 1. The van der Waals surface area contributed by atoms with Crippen molar-refractivity contribution in [2.45, 2.75) is 6.92 Å². The summed E-state index contributed by atoms with van der Waals surface area (Å²) in [5.41, 5.74) is 1.23. The first-order chi connectivity index (χ1) is 11.0. The monoisotopic (exact) mass is 442 g/mol. The van der Waals surface area contributed by atoms with Gasteiger partial charge in [0.25, 0.3) is 5.91 Å². The number of halogens is 1. The number of ether oxygens (including phenoxy) is 2. The molecule has 0 spiro atoms. The van der Waals surface area contributed by atoms with E-state index in [0.29, 0.717) is 28.9 Å². The molecule has 1 N–H and O–H groups in total. The van der Waals surface area contributed by atoms with Crippen molar-refractivity contribution >= 4 is 51.9 Å². The Labute approximate surface area is 154 Å². The van der Waals surface area contributed by atoms with Crippen LogP contribution in [0.2, 0.25) is 0 Å². The van der Waals surface area contributed by atoms with Crippen molar-refractivity contribution in [2.75, 3.05) is 20.3 Å². The number of terminal acetylenes is 1. The van der Waals surface area contributed by atoms with Gasteiger partial charge >= 0.3 is 0 Å². The average Bonchev–Trinajstić information content (AvgIpc) is 2.74. The van der Waals surface area contributed by atoms with E-state index in [2.05, 4.69) is 33.8 Å². The minimum atomic E-state index is -0.171. The van der Waals surface area contributed by atoms with Crippen LogP contribution in [-0.2, 0) is 4.79 Å². The maximum atomic E-state index is 12.1. The van der Waals surface area contributed by atoms with Crippen molar-refractivity contribution < 1.29 is 14.3 Å². The second-order valence-corrected chi connectivity index (χ2v) is 6.16. The van der Waals surface area contributed by atoms with E-state index in [4.69, 9.17) is 28.1 Å². The molecule has 0 aliphatic carbocycles. The molecular formula is C16H15IN2O3S. The van der Waals surface area contributed by atoms with Crippen LogP contribution >= 0.6 is 34.8 Å². The van der Waals surface area contributed by atoms with E-state index in [-0.39, 0.29) is 12.5 Å². The molecule has 1 saturated heterocycles. The Hall–Kier alpha value is -1.79. The summed E-state index contributed by atoms with van der Waals surface area (Å²) >= 11 is 7.21. The van der Waals surface area contributed by atoms with Crippen molar-refractivity contribution in [3.63, 3.8) is 0 Å². The summed E-state index contributed by atoms with van der Waals surface area (Å²) in [5, 5.41) is 3.27. The summed E-state index contributed by atoms with van der Waals surface area (Å²) in [5.74, 6) is 3.45. The van der Waals surface area contributed by atoms with Crippen LogP contribution in [0.5, 0.6) is 11.5 Å². The van der Waals surface area contributed by atoms with Gasteiger partial charge in [-0.15, -0.1) is 6.42 Å². The van der Waals surface area contributed by atoms with Crippen LogP contribution in [0.1, 0.15) is 12.5 Å². The van der Waals surface area contributed by atoms with Gasteiger partial charge in [-0.1, -0.05) is 5.92 Å². The number of carbonyl (C=O) groups is 1. The molecule has 0 radical (unpaired) electrons. The molecule has 0 atom stereocenters. The number of thiocarbonyl (C=S) groups is 1. The van der Waals surface area contributed by atoms with Crippen LogP contribution in [0.15, 0.2) is 17.8 Å². The summed E-state index contributed by atoms with van der Waals surface area (Å²) in [6, 6.07) is 3.69. The largest absolute Gasteiger partial charge is 0.490 e. The Morgan fingerprint density at radius 2 is 2.22 bits per heavy atom. The number of nitrogens with zero attached hydrogens (tertiary/aromatic N) is 1. The number of amides is 1. The van der Waals surface area contributed by atoms with E-state index in [1.165, 1.54) is 4.90 Å². The molecule has 1 aromatic rings. The SMILES string of the molecule is C#CCOc1c(I)cc(/C=C2/NC(=S)N(C)C2=O)cc1OCC. The van der Waals surface area contributed by atoms with Gasteiger partial charge < -0.3 is 14.8 Å². The molecule has 0 aromatic heterocycles. The van der Waals surface area contributed by atoms with Gasteiger partial charge in [-0.3, -0.25) is 9.69 Å². The number of likely N-dealkylation sites (N-methyl/N-ethyl adjacent to an activating group) is 1. The number of benzene rings is 1. The Bertz CT molecular complexity index is 725. The Morgan fingerprint density at radius 1 is 1.48 bits per heavy atom. The molecule has 7 heteroatoms. The minimum Gasteiger partial charge on any atom is -0.490 e. The average molecular weight is 442 g/mol.